The number of aromatic nitrogens is 1. The number of methoxy groups -OCH3 is 1. The topological polar surface area (TPSA) is 80.6 Å². The van der Waals surface area contributed by atoms with Crippen molar-refractivity contribution in [3.63, 3.8) is 0 Å². The lowest BCUT2D eigenvalue weighted by Crippen LogP contribution is -2.19. The van der Waals surface area contributed by atoms with E-state index in [4.69, 9.17) is 9.84 Å². The van der Waals surface area contributed by atoms with Gasteiger partial charge >= 0.3 is 5.97 Å². The van der Waals surface area contributed by atoms with E-state index in [0.29, 0.717) is 11.4 Å². The number of anilines is 1. The molecule has 0 saturated carbocycles. The third kappa shape index (κ3) is 3.85. The lowest BCUT2D eigenvalue weighted by molar-refractivity contribution is -0.137. The normalized spacial score (nSPS) is 10.2. The van der Waals surface area contributed by atoms with Crippen molar-refractivity contribution < 1.29 is 19.4 Å². The van der Waals surface area contributed by atoms with E-state index in [1.807, 2.05) is 0 Å². The third-order valence-electron chi connectivity index (χ3n) is 2.73. The molecule has 1 heterocycles. The summed E-state index contributed by atoms with van der Waals surface area (Å²) in [7, 11) is 1.53. The van der Waals surface area contributed by atoms with Crippen molar-refractivity contribution in [3.05, 3.63) is 46.7 Å². The average Bonchev–Trinajstić information content (AvgIpc) is 2.85. The van der Waals surface area contributed by atoms with Crippen LogP contribution in [0.5, 0.6) is 5.75 Å². The Bertz CT molecular complexity index is 681. The summed E-state index contributed by atoms with van der Waals surface area (Å²) in [5, 5.41) is 11.5. The Morgan fingerprint density at radius 1 is 1.38 bits per heavy atom. The van der Waals surface area contributed by atoms with Gasteiger partial charge in [-0.05, 0) is 24.3 Å². The minimum Gasteiger partial charge on any atom is -0.497 e. The number of nitrogens with one attached hydrogen (secondary N) is 1. The lowest BCUT2D eigenvalue weighted by atomic mass is 10.3. The maximum absolute atomic E-state index is 12.2. The average molecular weight is 353 g/mol. The predicted molar refractivity (Wildman–Crippen MR) is 80.7 cm³/mol. The Balaban J connectivity index is 2.20. The highest BCUT2D eigenvalue weighted by molar-refractivity contribution is 9.10. The van der Waals surface area contributed by atoms with Gasteiger partial charge in [0.25, 0.3) is 5.91 Å². The van der Waals surface area contributed by atoms with Crippen LogP contribution in [0.15, 0.2) is 41.0 Å². The zero-order valence-corrected chi connectivity index (χ0v) is 12.8. The standard InChI is InChI=1S/C14H13BrN2O4/c1-21-11-6-9(15)5-10(7-11)16-14(20)12-3-2-4-17(12)8-13(18)19/h2-7H,8H2,1H3,(H,16,20)(H,18,19). The zero-order chi connectivity index (χ0) is 15.4. The first kappa shape index (κ1) is 15.1. The Kier molecular flexibility index (Phi) is 4.64. The molecule has 1 amide bonds. The Morgan fingerprint density at radius 3 is 2.81 bits per heavy atom. The first-order valence-corrected chi connectivity index (χ1v) is 6.82. The van der Waals surface area contributed by atoms with Crippen molar-refractivity contribution in [2.45, 2.75) is 6.54 Å². The number of ether oxygens (including phenoxy) is 1. The number of benzene rings is 1. The highest BCUT2D eigenvalue weighted by Gasteiger charge is 2.13. The summed E-state index contributed by atoms with van der Waals surface area (Å²) in [5.74, 6) is -0.800. The SMILES string of the molecule is COc1cc(Br)cc(NC(=O)c2cccn2CC(=O)O)c1. The minimum absolute atomic E-state index is 0.266. The first-order valence-electron chi connectivity index (χ1n) is 6.02. The van der Waals surface area contributed by atoms with Gasteiger partial charge in [0.05, 0.1) is 7.11 Å². The van der Waals surface area contributed by atoms with Crippen LogP contribution in [-0.2, 0) is 11.3 Å². The fourth-order valence-electron chi connectivity index (χ4n) is 1.85. The van der Waals surface area contributed by atoms with Gasteiger partial charge < -0.3 is 19.7 Å². The van der Waals surface area contributed by atoms with E-state index < -0.39 is 5.97 Å². The molecular formula is C14H13BrN2O4. The molecule has 2 aromatic rings. The summed E-state index contributed by atoms with van der Waals surface area (Å²) in [6.45, 7) is -0.266. The summed E-state index contributed by atoms with van der Waals surface area (Å²) >= 11 is 3.33. The van der Waals surface area contributed by atoms with E-state index in [-0.39, 0.29) is 18.1 Å². The Labute approximate surface area is 129 Å². The Hall–Kier alpha value is -2.28. The molecule has 0 aliphatic carbocycles. The van der Waals surface area contributed by atoms with Gasteiger partial charge in [0.2, 0.25) is 0 Å². The highest BCUT2D eigenvalue weighted by atomic mass is 79.9. The van der Waals surface area contributed by atoms with Crippen LogP contribution in [0.3, 0.4) is 0 Å². The predicted octanol–water partition coefficient (Wildman–Crippen LogP) is 2.60. The number of carbonyl (C=O) groups is 2. The van der Waals surface area contributed by atoms with Crippen LogP contribution in [0.25, 0.3) is 0 Å². The van der Waals surface area contributed by atoms with Gasteiger partial charge in [0.15, 0.2) is 0 Å². The molecule has 0 saturated heterocycles. The number of halogens is 1. The molecule has 110 valence electrons. The van der Waals surface area contributed by atoms with Crippen molar-refractivity contribution in [3.8, 4) is 5.75 Å². The van der Waals surface area contributed by atoms with E-state index in [9.17, 15) is 9.59 Å². The van der Waals surface area contributed by atoms with Crippen molar-refractivity contribution in [2.75, 3.05) is 12.4 Å². The van der Waals surface area contributed by atoms with Crippen LogP contribution >= 0.6 is 15.9 Å². The second-order valence-electron chi connectivity index (χ2n) is 4.25. The summed E-state index contributed by atoms with van der Waals surface area (Å²) in [6, 6.07) is 8.35. The quantitative estimate of drug-likeness (QED) is 0.866. The van der Waals surface area contributed by atoms with Crippen LogP contribution in [0.4, 0.5) is 5.69 Å². The van der Waals surface area contributed by atoms with Crippen LogP contribution in [0, 0.1) is 0 Å². The first-order chi connectivity index (χ1) is 9.99. The van der Waals surface area contributed by atoms with E-state index in [1.165, 1.54) is 11.7 Å². The number of hydrogen-bond acceptors (Lipinski definition) is 3. The lowest BCUT2D eigenvalue weighted by Gasteiger charge is -2.10. The summed E-state index contributed by atoms with van der Waals surface area (Å²) in [4.78, 5) is 23.0. The summed E-state index contributed by atoms with van der Waals surface area (Å²) < 4.78 is 7.25. The molecule has 0 aliphatic rings. The number of amides is 1. The molecule has 0 unspecified atom stereocenters. The number of aliphatic carboxylic acids is 1. The van der Waals surface area contributed by atoms with Gasteiger partial charge in [-0.15, -0.1) is 0 Å². The van der Waals surface area contributed by atoms with Gasteiger partial charge in [0, 0.05) is 22.4 Å². The fourth-order valence-corrected chi connectivity index (χ4v) is 2.32. The van der Waals surface area contributed by atoms with E-state index >= 15 is 0 Å². The molecule has 0 atom stereocenters. The molecule has 7 heteroatoms. The molecule has 0 aliphatic heterocycles. The number of hydrogen-bond donors (Lipinski definition) is 2. The van der Waals surface area contributed by atoms with Crippen LogP contribution in [-0.4, -0.2) is 28.7 Å². The number of carbonyl (C=O) groups excluding carboxylic acids is 1. The van der Waals surface area contributed by atoms with Gasteiger partial charge in [-0.2, -0.15) is 0 Å². The molecule has 1 aromatic heterocycles. The van der Waals surface area contributed by atoms with Gasteiger partial charge in [-0.3, -0.25) is 9.59 Å². The fraction of sp³-hybridized carbons (Fsp3) is 0.143. The third-order valence-corrected chi connectivity index (χ3v) is 3.19. The molecule has 0 spiro atoms. The summed E-state index contributed by atoms with van der Waals surface area (Å²) in [6.07, 6.45) is 1.55. The summed E-state index contributed by atoms with van der Waals surface area (Å²) in [5.41, 5.74) is 0.825. The molecule has 2 N–H and O–H groups in total. The maximum Gasteiger partial charge on any atom is 0.323 e. The number of rotatable bonds is 5. The van der Waals surface area contributed by atoms with Crippen molar-refractivity contribution in [1.82, 2.24) is 4.57 Å². The van der Waals surface area contributed by atoms with E-state index in [2.05, 4.69) is 21.2 Å². The van der Waals surface area contributed by atoms with Gasteiger partial charge in [-0.25, -0.2) is 0 Å². The second-order valence-corrected chi connectivity index (χ2v) is 5.16. The van der Waals surface area contributed by atoms with Crippen molar-refractivity contribution in [1.29, 1.82) is 0 Å². The number of carboxylic acids is 1. The molecule has 0 bridgehead atoms. The van der Waals surface area contributed by atoms with Crippen LogP contribution < -0.4 is 10.1 Å². The molecule has 6 nitrogen and oxygen atoms in total. The van der Waals surface area contributed by atoms with E-state index in [1.54, 1.807) is 36.5 Å². The van der Waals surface area contributed by atoms with Crippen molar-refractivity contribution in [2.24, 2.45) is 0 Å². The number of carboxylic acid groups (broad SMARTS) is 1. The Morgan fingerprint density at radius 2 is 2.14 bits per heavy atom. The van der Waals surface area contributed by atoms with Crippen molar-refractivity contribution >= 4 is 33.5 Å². The van der Waals surface area contributed by atoms with E-state index in [0.717, 1.165) is 4.47 Å². The number of nitrogens with zero attached hydrogens (tertiary/aromatic N) is 1. The zero-order valence-electron chi connectivity index (χ0n) is 11.2. The van der Waals surface area contributed by atoms with Crippen LogP contribution in [0.2, 0.25) is 0 Å². The monoisotopic (exact) mass is 352 g/mol. The molecule has 0 radical (unpaired) electrons. The van der Waals surface area contributed by atoms with Crippen LogP contribution in [0.1, 0.15) is 10.5 Å². The maximum atomic E-state index is 12.2. The largest absolute Gasteiger partial charge is 0.497 e. The molecule has 2 rings (SSSR count). The second kappa shape index (κ2) is 6.45. The molecule has 21 heavy (non-hydrogen) atoms. The highest BCUT2D eigenvalue weighted by Crippen LogP contribution is 2.24. The molecule has 1 aromatic carbocycles. The minimum atomic E-state index is -1.01. The molecule has 0 fully saturated rings. The van der Waals surface area contributed by atoms with Gasteiger partial charge in [0.1, 0.15) is 18.0 Å². The smallest absolute Gasteiger partial charge is 0.323 e. The molecular weight excluding hydrogens is 340 g/mol. The van der Waals surface area contributed by atoms with Gasteiger partial charge in [-0.1, -0.05) is 15.9 Å².